The summed E-state index contributed by atoms with van der Waals surface area (Å²) in [6.45, 7) is 6.52. The van der Waals surface area contributed by atoms with Crippen LogP contribution in [-0.4, -0.2) is 53.3 Å². The van der Waals surface area contributed by atoms with Gasteiger partial charge in [-0.25, -0.2) is 4.79 Å². The van der Waals surface area contributed by atoms with Crippen LogP contribution in [0.5, 0.6) is 0 Å². The smallest absolute Gasteiger partial charge is 0.410 e. The summed E-state index contributed by atoms with van der Waals surface area (Å²) >= 11 is 0. The van der Waals surface area contributed by atoms with E-state index in [4.69, 9.17) is 9.47 Å². The van der Waals surface area contributed by atoms with E-state index in [0.717, 1.165) is 0 Å². The van der Waals surface area contributed by atoms with Gasteiger partial charge in [-0.15, -0.1) is 0 Å². The highest BCUT2D eigenvalue weighted by molar-refractivity contribution is 5.99. The van der Waals surface area contributed by atoms with Crippen molar-refractivity contribution in [2.75, 3.05) is 7.11 Å². The first-order chi connectivity index (χ1) is 13.5. The minimum atomic E-state index is -1.11. The number of ether oxygens (including phenoxy) is 2. The van der Waals surface area contributed by atoms with Gasteiger partial charge in [0.25, 0.3) is 0 Å². The molecule has 1 saturated heterocycles. The lowest BCUT2D eigenvalue weighted by Gasteiger charge is -2.34. The first kappa shape index (κ1) is 22.6. The Morgan fingerprint density at radius 1 is 1.10 bits per heavy atom. The van der Waals surface area contributed by atoms with Crippen molar-refractivity contribution in [2.24, 2.45) is 5.92 Å². The number of rotatable bonds is 6. The van der Waals surface area contributed by atoms with Crippen molar-refractivity contribution in [1.29, 1.82) is 0 Å². The van der Waals surface area contributed by atoms with Crippen molar-refractivity contribution in [3.63, 3.8) is 0 Å². The number of methoxy groups -OCH3 is 1. The van der Waals surface area contributed by atoms with Gasteiger partial charge >= 0.3 is 12.1 Å². The van der Waals surface area contributed by atoms with E-state index >= 15 is 0 Å². The van der Waals surface area contributed by atoms with Crippen LogP contribution in [0.4, 0.5) is 4.79 Å². The number of nitrogens with zero attached hydrogens (tertiary/aromatic N) is 1. The van der Waals surface area contributed by atoms with Crippen LogP contribution in [0.15, 0.2) is 30.3 Å². The molecular formula is C22H29NO6. The Bertz CT molecular complexity index is 767. The van der Waals surface area contributed by atoms with E-state index in [-0.39, 0.29) is 18.0 Å². The van der Waals surface area contributed by atoms with Gasteiger partial charge in [-0.05, 0) is 40.5 Å². The van der Waals surface area contributed by atoms with E-state index in [9.17, 15) is 19.2 Å². The van der Waals surface area contributed by atoms with Crippen LogP contribution in [0.25, 0.3) is 0 Å². The van der Waals surface area contributed by atoms with Gasteiger partial charge in [-0.2, -0.15) is 0 Å². The van der Waals surface area contributed by atoms with Gasteiger partial charge in [-0.3, -0.25) is 14.4 Å². The predicted molar refractivity (Wildman–Crippen MR) is 106 cm³/mol. The number of ketones is 2. The Kier molecular flexibility index (Phi) is 7.16. The standard InChI is InChI=1S/C22H29NO6/c1-14(24)19(20(26)28-5)17-12-11-16(23(17)21(27)29-22(2,3)4)13-18(25)15-9-7-6-8-10-15/h6-10,16-17,19H,11-13H2,1-5H3. The number of esters is 1. The summed E-state index contributed by atoms with van der Waals surface area (Å²) in [6.07, 6.45) is 0.348. The lowest BCUT2D eigenvalue weighted by molar-refractivity contribution is -0.151. The molecule has 1 amide bonds. The van der Waals surface area contributed by atoms with Crippen LogP contribution in [0.2, 0.25) is 0 Å². The zero-order valence-electron chi connectivity index (χ0n) is 17.6. The van der Waals surface area contributed by atoms with E-state index in [1.165, 1.54) is 18.9 Å². The van der Waals surface area contributed by atoms with Gasteiger partial charge in [0, 0.05) is 18.0 Å². The second kappa shape index (κ2) is 9.20. The van der Waals surface area contributed by atoms with Gasteiger partial charge < -0.3 is 14.4 Å². The Labute approximate surface area is 171 Å². The minimum Gasteiger partial charge on any atom is -0.468 e. The molecule has 158 valence electrons. The molecular weight excluding hydrogens is 374 g/mol. The van der Waals surface area contributed by atoms with Gasteiger partial charge in [0.15, 0.2) is 5.78 Å². The van der Waals surface area contributed by atoms with Crippen molar-refractivity contribution < 1.29 is 28.7 Å². The largest absolute Gasteiger partial charge is 0.468 e. The molecule has 0 aromatic heterocycles. The summed E-state index contributed by atoms with van der Waals surface area (Å²) in [7, 11) is 1.21. The topological polar surface area (TPSA) is 90.0 Å². The third kappa shape index (κ3) is 5.65. The average Bonchev–Trinajstić information content (AvgIpc) is 3.03. The van der Waals surface area contributed by atoms with Crippen molar-refractivity contribution in [3.8, 4) is 0 Å². The van der Waals surface area contributed by atoms with Crippen LogP contribution in [0.3, 0.4) is 0 Å². The van der Waals surface area contributed by atoms with E-state index in [0.29, 0.717) is 18.4 Å². The SMILES string of the molecule is COC(=O)C(C(C)=O)C1CCC(CC(=O)c2ccccc2)N1C(=O)OC(C)(C)C. The number of carbonyl (C=O) groups excluding carboxylic acids is 4. The lowest BCUT2D eigenvalue weighted by Crippen LogP contribution is -2.50. The fraction of sp³-hybridized carbons (Fsp3) is 0.545. The van der Waals surface area contributed by atoms with Gasteiger partial charge in [0.05, 0.1) is 13.2 Å². The number of hydrogen-bond donors (Lipinski definition) is 0. The maximum atomic E-state index is 13.0. The zero-order chi connectivity index (χ0) is 21.8. The summed E-state index contributed by atoms with van der Waals surface area (Å²) in [5, 5.41) is 0. The van der Waals surface area contributed by atoms with Gasteiger partial charge in [0.1, 0.15) is 17.3 Å². The molecule has 3 unspecified atom stereocenters. The normalized spacial score (nSPS) is 20.1. The fourth-order valence-corrected chi connectivity index (χ4v) is 3.72. The first-order valence-corrected chi connectivity index (χ1v) is 9.73. The van der Waals surface area contributed by atoms with Crippen molar-refractivity contribution in [3.05, 3.63) is 35.9 Å². The molecule has 0 saturated carbocycles. The van der Waals surface area contributed by atoms with Crippen molar-refractivity contribution >= 4 is 23.6 Å². The average molecular weight is 403 g/mol. The molecule has 0 bridgehead atoms. The van der Waals surface area contributed by atoms with Crippen LogP contribution in [0, 0.1) is 5.92 Å². The molecule has 7 heteroatoms. The summed E-state index contributed by atoms with van der Waals surface area (Å²) in [4.78, 5) is 51.5. The van der Waals surface area contributed by atoms with Crippen LogP contribution >= 0.6 is 0 Å². The summed E-state index contributed by atoms with van der Waals surface area (Å²) in [5.74, 6) is -2.29. The Balaban J connectivity index is 2.32. The lowest BCUT2D eigenvalue weighted by atomic mass is 9.94. The first-order valence-electron chi connectivity index (χ1n) is 9.73. The fourth-order valence-electron chi connectivity index (χ4n) is 3.72. The molecule has 0 aliphatic carbocycles. The molecule has 1 aromatic rings. The number of benzene rings is 1. The van der Waals surface area contributed by atoms with Crippen LogP contribution in [-0.2, 0) is 19.1 Å². The second-order valence-electron chi connectivity index (χ2n) is 8.29. The Morgan fingerprint density at radius 3 is 2.24 bits per heavy atom. The van der Waals surface area contributed by atoms with E-state index in [1.54, 1.807) is 45.0 Å². The van der Waals surface area contributed by atoms with E-state index in [2.05, 4.69) is 0 Å². The minimum absolute atomic E-state index is 0.0888. The van der Waals surface area contributed by atoms with Crippen LogP contribution in [0.1, 0.15) is 57.3 Å². The molecule has 3 atom stereocenters. The van der Waals surface area contributed by atoms with Crippen molar-refractivity contribution in [1.82, 2.24) is 4.90 Å². The van der Waals surface area contributed by atoms with E-state index < -0.39 is 35.7 Å². The molecule has 7 nitrogen and oxygen atoms in total. The number of likely N-dealkylation sites (tertiary alicyclic amines) is 1. The monoisotopic (exact) mass is 403 g/mol. The molecule has 0 spiro atoms. The number of amides is 1. The second-order valence-corrected chi connectivity index (χ2v) is 8.29. The molecule has 0 radical (unpaired) electrons. The molecule has 1 heterocycles. The predicted octanol–water partition coefficient (Wildman–Crippen LogP) is 3.41. The van der Waals surface area contributed by atoms with Gasteiger partial charge in [0.2, 0.25) is 0 Å². The summed E-state index contributed by atoms with van der Waals surface area (Å²) < 4.78 is 10.3. The highest BCUT2D eigenvalue weighted by atomic mass is 16.6. The molecule has 1 aliphatic rings. The quantitative estimate of drug-likeness (QED) is 0.411. The maximum Gasteiger partial charge on any atom is 0.410 e. The third-order valence-corrected chi connectivity index (χ3v) is 4.95. The molecule has 2 rings (SSSR count). The molecule has 1 fully saturated rings. The highest BCUT2D eigenvalue weighted by Crippen LogP contribution is 2.34. The van der Waals surface area contributed by atoms with Crippen LogP contribution < -0.4 is 0 Å². The molecule has 0 N–H and O–H groups in total. The molecule has 1 aromatic carbocycles. The Hall–Kier alpha value is -2.70. The number of Topliss-reactive ketones (excluding diaryl/α,β-unsaturated/α-hetero) is 2. The van der Waals surface area contributed by atoms with Crippen molar-refractivity contribution in [2.45, 2.75) is 64.6 Å². The number of carbonyl (C=O) groups is 4. The van der Waals surface area contributed by atoms with Gasteiger partial charge in [-0.1, -0.05) is 30.3 Å². The maximum absolute atomic E-state index is 13.0. The zero-order valence-corrected chi connectivity index (χ0v) is 17.6. The Morgan fingerprint density at radius 2 is 1.72 bits per heavy atom. The molecule has 1 aliphatic heterocycles. The highest BCUT2D eigenvalue weighted by Gasteiger charge is 2.47. The molecule has 29 heavy (non-hydrogen) atoms. The number of hydrogen-bond acceptors (Lipinski definition) is 6. The summed E-state index contributed by atoms with van der Waals surface area (Å²) in [6, 6.07) is 7.65. The van der Waals surface area contributed by atoms with E-state index in [1.807, 2.05) is 6.07 Å². The summed E-state index contributed by atoms with van der Waals surface area (Å²) in [5.41, 5.74) is -0.203. The third-order valence-electron chi connectivity index (χ3n) is 4.95.